The minimum absolute atomic E-state index is 0.00232. The van der Waals surface area contributed by atoms with E-state index in [1.54, 1.807) is 4.90 Å². The normalized spacial score (nSPS) is 24.8. The summed E-state index contributed by atoms with van der Waals surface area (Å²) in [5.74, 6) is -0.584. The first-order valence-corrected chi connectivity index (χ1v) is 11.1. The highest BCUT2D eigenvalue weighted by atomic mass is 32.2. The van der Waals surface area contributed by atoms with Crippen LogP contribution in [0.3, 0.4) is 0 Å². The van der Waals surface area contributed by atoms with E-state index in [1.807, 2.05) is 24.3 Å². The van der Waals surface area contributed by atoms with Gasteiger partial charge in [-0.2, -0.15) is 0 Å². The third-order valence-corrected chi connectivity index (χ3v) is 6.91. The summed E-state index contributed by atoms with van der Waals surface area (Å²) in [7, 11) is -3.03. The van der Waals surface area contributed by atoms with Crippen LogP contribution < -0.4 is 10.2 Å². The molecule has 2 aliphatic heterocycles. The largest absolute Gasteiger partial charge is 0.352 e. The number of carbonyl (C=O) groups excluding carboxylic acids is 2. The number of hydrogen-bond donors (Lipinski definition) is 1. The van der Waals surface area contributed by atoms with E-state index in [0.29, 0.717) is 13.0 Å². The van der Waals surface area contributed by atoms with Crippen LogP contribution in [0.25, 0.3) is 0 Å². The Hall–Kier alpha value is -1.89. The second kappa shape index (κ2) is 7.78. The molecule has 2 atom stereocenters. The lowest BCUT2D eigenvalue weighted by atomic mass is 10.1. The van der Waals surface area contributed by atoms with Gasteiger partial charge in [-0.15, -0.1) is 0 Å². The van der Waals surface area contributed by atoms with Crippen molar-refractivity contribution in [2.45, 2.75) is 45.1 Å². The molecule has 0 spiro atoms. The molecule has 2 amide bonds. The third-order valence-electron chi connectivity index (χ3n) is 5.14. The molecule has 2 aliphatic rings. The van der Waals surface area contributed by atoms with Gasteiger partial charge in [0.05, 0.1) is 17.4 Å². The fraction of sp³-hybridized carbons (Fsp3) is 0.579. The Labute approximate surface area is 154 Å². The zero-order valence-electron chi connectivity index (χ0n) is 15.1. The van der Waals surface area contributed by atoms with Gasteiger partial charge in [0.25, 0.3) is 0 Å². The molecule has 0 aromatic heterocycles. The first-order chi connectivity index (χ1) is 12.4. The molecule has 0 saturated carbocycles. The molecule has 1 aromatic rings. The van der Waals surface area contributed by atoms with E-state index in [-0.39, 0.29) is 35.8 Å². The highest BCUT2D eigenvalue weighted by Crippen LogP contribution is 2.26. The summed E-state index contributed by atoms with van der Waals surface area (Å²) in [6.07, 6.45) is 3.94. The molecule has 26 heavy (non-hydrogen) atoms. The quantitative estimate of drug-likeness (QED) is 0.816. The standard InChI is InChI=1S/C19H26N2O4S/c1-2-3-4-14-5-7-17(8-6-14)21-12-15(11-18(21)22)19(23)20-16-9-10-26(24,25)13-16/h5-8,15-16H,2-4,9-13H2,1H3,(H,20,23)/t15-,16-/m0/s1. The first-order valence-electron chi connectivity index (χ1n) is 9.28. The van der Waals surface area contributed by atoms with Crippen molar-refractivity contribution in [2.75, 3.05) is 23.0 Å². The molecule has 3 rings (SSSR count). The van der Waals surface area contributed by atoms with Crippen LogP contribution in [-0.4, -0.2) is 44.3 Å². The molecule has 0 unspecified atom stereocenters. The van der Waals surface area contributed by atoms with Gasteiger partial charge in [0, 0.05) is 24.7 Å². The Balaban J connectivity index is 1.58. The van der Waals surface area contributed by atoms with Gasteiger partial charge in [-0.1, -0.05) is 25.5 Å². The maximum atomic E-state index is 12.4. The van der Waals surface area contributed by atoms with Crippen LogP contribution >= 0.6 is 0 Å². The summed E-state index contributed by atoms with van der Waals surface area (Å²) in [6.45, 7) is 2.50. The van der Waals surface area contributed by atoms with Gasteiger partial charge >= 0.3 is 0 Å². The Morgan fingerprint density at radius 2 is 2.00 bits per heavy atom. The van der Waals surface area contributed by atoms with Gasteiger partial charge in [0.2, 0.25) is 11.8 Å². The number of anilines is 1. The Morgan fingerprint density at radius 1 is 1.27 bits per heavy atom. The average molecular weight is 378 g/mol. The van der Waals surface area contributed by atoms with Crippen molar-refractivity contribution in [1.82, 2.24) is 5.32 Å². The van der Waals surface area contributed by atoms with Crippen molar-refractivity contribution in [3.63, 3.8) is 0 Å². The van der Waals surface area contributed by atoms with E-state index in [4.69, 9.17) is 0 Å². The van der Waals surface area contributed by atoms with Gasteiger partial charge in [-0.05, 0) is 37.0 Å². The second-order valence-corrected chi connectivity index (χ2v) is 9.51. The number of nitrogens with zero attached hydrogens (tertiary/aromatic N) is 1. The van der Waals surface area contributed by atoms with Crippen LogP contribution in [-0.2, 0) is 25.8 Å². The lowest BCUT2D eigenvalue weighted by Crippen LogP contribution is -2.40. The van der Waals surface area contributed by atoms with Crippen molar-refractivity contribution in [2.24, 2.45) is 5.92 Å². The van der Waals surface area contributed by atoms with Crippen molar-refractivity contribution in [3.8, 4) is 0 Å². The van der Waals surface area contributed by atoms with Crippen LogP contribution in [0.2, 0.25) is 0 Å². The van der Waals surface area contributed by atoms with Crippen LogP contribution in [0.15, 0.2) is 24.3 Å². The maximum absolute atomic E-state index is 12.4. The number of rotatable bonds is 6. The summed E-state index contributed by atoms with van der Waals surface area (Å²) in [4.78, 5) is 26.4. The van der Waals surface area contributed by atoms with Crippen LogP contribution in [0.5, 0.6) is 0 Å². The molecule has 0 aliphatic carbocycles. The molecule has 2 saturated heterocycles. The predicted molar refractivity (Wildman–Crippen MR) is 101 cm³/mol. The summed E-state index contributed by atoms with van der Waals surface area (Å²) in [5.41, 5.74) is 2.06. The number of aryl methyl sites for hydroxylation is 1. The van der Waals surface area contributed by atoms with Crippen LogP contribution in [0, 0.1) is 5.92 Å². The van der Waals surface area contributed by atoms with Gasteiger partial charge in [0.15, 0.2) is 9.84 Å². The Kier molecular flexibility index (Phi) is 5.65. The number of nitrogens with one attached hydrogen (secondary N) is 1. The molecular formula is C19H26N2O4S. The molecule has 2 fully saturated rings. The highest BCUT2D eigenvalue weighted by molar-refractivity contribution is 7.91. The van der Waals surface area contributed by atoms with E-state index < -0.39 is 15.8 Å². The predicted octanol–water partition coefficient (Wildman–Crippen LogP) is 1.69. The van der Waals surface area contributed by atoms with E-state index in [1.165, 1.54) is 5.56 Å². The Morgan fingerprint density at radius 3 is 2.62 bits per heavy atom. The van der Waals surface area contributed by atoms with Gasteiger partial charge in [-0.3, -0.25) is 9.59 Å². The number of carbonyl (C=O) groups is 2. The highest BCUT2D eigenvalue weighted by Gasteiger charge is 2.37. The van der Waals surface area contributed by atoms with Gasteiger partial charge in [0.1, 0.15) is 0 Å². The molecule has 0 radical (unpaired) electrons. The SMILES string of the molecule is CCCCc1ccc(N2C[C@@H](C(=O)N[C@H]3CCS(=O)(=O)C3)CC2=O)cc1. The molecule has 0 bridgehead atoms. The van der Waals surface area contributed by atoms with E-state index in [0.717, 1.165) is 24.9 Å². The van der Waals surface area contributed by atoms with Crippen molar-refractivity contribution < 1.29 is 18.0 Å². The lowest BCUT2D eigenvalue weighted by Gasteiger charge is -2.18. The van der Waals surface area contributed by atoms with Crippen molar-refractivity contribution in [1.29, 1.82) is 0 Å². The average Bonchev–Trinajstić information content (AvgIpc) is 3.15. The minimum Gasteiger partial charge on any atom is -0.352 e. The van der Waals surface area contributed by atoms with Crippen molar-refractivity contribution >= 4 is 27.3 Å². The second-order valence-electron chi connectivity index (χ2n) is 7.28. The summed E-state index contributed by atoms with van der Waals surface area (Å²) in [6, 6.07) is 7.62. The Bertz CT molecular complexity index is 773. The molecular weight excluding hydrogens is 352 g/mol. The minimum atomic E-state index is -3.03. The van der Waals surface area contributed by atoms with Crippen LogP contribution in [0.1, 0.15) is 38.2 Å². The number of hydrogen-bond acceptors (Lipinski definition) is 4. The van der Waals surface area contributed by atoms with E-state index in [2.05, 4.69) is 12.2 Å². The summed E-state index contributed by atoms with van der Waals surface area (Å²) in [5, 5.41) is 2.80. The monoisotopic (exact) mass is 378 g/mol. The van der Waals surface area contributed by atoms with E-state index in [9.17, 15) is 18.0 Å². The molecule has 7 heteroatoms. The third kappa shape index (κ3) is 4.44. The number of unbranched alkanes of at least 4 members (excludes halogenated alkanes) is 1. The molecule has 1 N–H and O–H groups in total. The molecule has 6 nitrogen and oxygen atoms in total. The van der Waals surface area contributed by atoms with E-state index >= 15 is 0 Å². The number of sulfone groups is 1. The first kappa shape index (κ1) is 18.9. The lowest BCUT2D eigenvalue weighted by molar-refractivity contribution is -0.126. The smallest absolute Gasteiger partial charge is 0.227 e. The van der Waals surface area contributed by atoms with Crippen molar-refractivity contribution in [3.05, 3.63) is 29.8 Å². The zero-order valence-corrected chi connectivity index (χ0v) is 15.9. The topological polar surface area (TPSA) is 83.6 Å². The number of benzene rings is 1. The van der Waals surface area contributed by atoms with Gasteiger partial charge in [-0.25, -0.2) is 8.42 Å². The number of amides is 2. The molecule has 142 valence electrons. The molecule has 1 aromatic carbocycles. The van der Waals surface area contributed by atoms with Gasteiger partial charge < -0.3 is 10.2 Å². The zero-order chi connectivity index (χ0) is 18.7. The molecule has 2 heterocycles. The fourth-order valence-corrected chi connectivity index (χ4v) is 5.26. The fourth-order valence-electron chi connectivity index (χ4n) is 3.58. The summed E-state index contributed by atoms with van der Waals surface area (Å²) < 4.78 is 23.0. The maximum Gasteiger partial charge on any atom is 0.227 e. The summed E-state index contributed by atoms with van der Waals surface area (Å²) >= 11 is 0. The van der Waals surface area contributed by atoms with Crippen LogP contribution in [0.4, 0.5) is 5.69 Å².